The summed E-state index contributed by atoms with van der Waals surface area (Å²) in [6, 6.07) is 8.60. The molecule has 1 atom stereocenters. The highest BCUT2D eigenvalue weighted by Crippen LogP contribution is 2.10. The quantitative estimate of drug-likeness (QED) is 0.742. The Labute approximate surface area is 79.6 Å². The summed E-state index contributed by atoms with van der Waals surface area (Å²) in [4.78, 5) is 0. The Morgan fingerprint density at radius 2 is 1.92 bits per heavy atom. The van der Waals surface area contributed by atoms with Gasteiger partial charge in [0.2, 0.25) is 0 Å². The first-order chi connectivity index (χ1) is 6.22. The van der Waals surface area contributed by atoms with Crippen molar-refractivity contribution in [3.63, 3.8) is 0 Å². The number of benzene rings is 1. The number of rotatable bonds is 4. The zero-order chi connectivity index (χ0) is 9.68. The lowest BCUT2D eigenvalue weighted by Gasteiger charge is -2.13. The van der Waals surface area contributed by atoms with Gasteiger partial charge in [-0.05, 0) is 32.4 Å². The van der Waals surface area contributed by atoms with Crippen LogP contribution in [0, 0.1) is 6.92 Å². The average molecular weight is 179 g/mol. The lowest BCUT2D eigenvalue weighted by Crippen LogP contribution is -2.16. The summed E-state index contributed by atoms with van der Waals surface area (Å²) >= 11 is 0. The van der Waals surface area contributed by atoms with Gasteiger partial charge in [-0.2, -0.15) is 0 Å². The van der Waals surface area contributed by atoms with Crippen molar-refractivity contribution in [1.82, 2.24) is 0 Å². The van der Waals surface area contributed by atoms with Crippen molar-refractivity contribution in [1.29, 1.82) is 0 Å². The molecule has 0 aliphatic heterocycles. The van der Waals surface area contributed by atoms with Crippen LogP contribution < -0.4 is 5.32 Å². The maximum Gasteiger partial charge on any atom is 0.0450 e. The van der Waals surface area contributed by atoms with E-state index in [0.717, 1.165) is 12.1 Å². The minimum atomic E-state index is 0.236. The Balaban J connectivity index is 2.49. The SMILES string of the molecule is Cc1ccc(NC(C)CCO)cc1. The fourth-order valence-electron chi connectivity index (χ4n) is 1.20. The van der Waals surface area contributed by atoms with Gasteiger partial charge in [0.1, 0.15) is 0 Å². The van der Waals surface area contributed by atoms with Gasteiger partial charge in [0.25, 0.3) is 0 Å². The number of hydrogen-bond donors (Lipinski definition) is 2. The number of aliphatic hydroxyl groups is 1. The molecule has 0 amide bonds. The van der Waals surface area contributed by atoms with E-state index in [1.165, 1.54) is 5.56 Å². The van der Waals surface area contributed by atoms with Crippen LogP contribution in [0.4, 0.5) is 5.69 Å². The van der Waals surface area contributed by atoms with Gasteiger partial charge in [0, 0.05) is 18.3 Å². The molecule has 72 valence electrons. The summed E-state index contributed by atoms with van der Waals surface area (Å²) in [5.41, 5.74) is 2.38. The predicted octanol–water partition coefficient (Wildman–Crippen LogP) is 2.18. The van der Waals surface area contributed by atoms with E-state index in [1.54, 1.807) is 0 Å². The summed E-state index contributed by atoms with van der Waals surface area (Å²) in [6.45, 7) is 4.37. The van der Waals surface area contributed by atoms with E-state index in [2.05, 4.69) is 43.4 Å². The molecule has 13 heavy (non-hydrogen) atoms. The third-order valence-corrected chi connectivity index (χ3v) is 2.03. The van der Waals surface area contributed by atoms with E-state index in [-0.39, 0.29) is 6.61 Å². The molecule has 1 unspecified atom stereocenters. The molecular formula is C11H17NO. The number of aliphatic hydroxyl groups excluding tert-OH is 1. The van der Waals surface area contributed by atoms with Crippen molar-refractivity contribution in [3.8, 4) is 0 Å². The second-order valence-electron chi connectivity index (χ2n) is 3.42. The van der Waals surface area contributed by atoms with E-state index >= 15 is 0 Å². The molecule has 0 saturated heterocycles. The van der Waals surface area contributed by atoms with Crippen LogP contribution in [0.15, 0.2) is 24.3 Å². The van der Waals surface area contributed by atoms with E-state index in [4.69, 9.17) is 5.11 Å². The molecule has 0 bridgehead atoms. The summed E-state index contributed by atoms with van der Waals surface area (Å²) in [5, 5.41) is 12.0. The Morgan fingerprint density at radius 3 is 2.46 bits per heavy atom. The molecule has 1 aromatic rings. The third kappa shape index (κ3) is 3.47. The molecule has 0 saturated carbocycles. The zero-order valence-electron chi connectivity index (χ0n) is 8.25. The van der Waals surface area contributed by atoms with Gasteiger partial charge in [-0.25, -0.2) is 0 Å². The van der Waals surface area contributed by atoms with Crippen LogP contribution >= 0.6 is 0 Å². The van der Waals surface area contributed by atoms with Gasteiger partial charge in [-0.1, -0.05) is 17.7 Å². The van der Waals surface area contributed by atoms with Crippen molar-refractivity contribution >= 4 is 5.69 Å². The summed E-state index contributed by atoms with van der Waals surface area (Å²) in [7, 11) is 0. The standard InChI is InChI=1S/C11H17NO/c1-9-3-5-11(6-4-9)12-10(2)7-8-13/h3-6,10,12-13H,7-8H2,1-2H3. The smallest absolute Gasteiger partial charge is 0.0450 e. The largest absolute Gasteiger partial charge is 0.396 e. The van der Waals surface area contributed by atoms with Crippen LogP contribution in [-0.4, -0.2) is 17.8 Å². The minimum absolute atomic E-state index is 0.236. The average Bonchev–Trinajstić information content (AvgIpc) is 2.09. The Hall–Kier alpha value is -1.02. The highest BCUT2D eigenvalue weighted by molar-refractivity contribution is 5.44. The van der Waals surface area contributed by atoms with Crippen molar-refractivity contribution in [3.05, 3.63) is 29.8 Å². The molecule has 0 aromatic heterocycles. The second-order valence-corrected chi connectivity index (χ2v) is 3.42. The molecule has 0 heterocycles. The van der Waals surface area contributed by atoms with Crippen LogP contribution in [0.5, 0.6) is 0 Å². The predicted molar refractivity (Wildman–Crippen MR) is 56.0 cm³/mol. The van der Waals surface area contributed by atoms with Crippen LogP contribution in [-0.2, 0) is 0 Å². The van der Waals surface area contributed by atoms with Crippen molar-refractivity contribution in [2.24, 2.45) is 0 Å². The van der Waals surface area contributed by atoms with Crippen molar-refractivity contribution in [2.45, 2.75) is 26.3 Å². The molecule has 0 aliphatic carbocycles. The van der Waals surface area contributed by atoms with E-state index < -0.39 is 0 Å². The van der Waals surface area contributed by atoms with Gasteiger partial charge >= 0.3 is 0 Å². The Bertz CT molecular complexity index is 243. The molecule has 0 aliphatic rings. The highest BCUT2D eigenvalue weighted by Gasteiger charge is 1.99. The topological polar surface area (TPSA) is 32.3 Å². The summed E-state index contributed by atoms with van der Waals surface area (Å²) in [6.07, 6.45) is 0.786. The maximum atomic E-state index is 8.72. The highest BCUT2D eigenvalue weighted by atomic mass is 16.3. The van der Waals surface area contributed by atoms with Gasteiger partial charge in [-0.15, -0.1) is 0 Å². The molecule has 1 rings (SSSR count). The fourth-order valence-corrected chi connectivity index (χ4v) is 1.20. The van der Waals surface area contributed by atoms with Crippen LogP contribution in [0.25, 0.3) is 0 Å². The van der Waals surface area contributed by atoms with E-state index in [1.807, 2.05) is 0 Å². The Morgan fingerprint density at radius 1 is 1.31 bits per heavy atom. The maximum absolute atomic E-state index is 8.72. The van der Waals surface area contributed by atoms with Crippen molar-refractivity contribution < 1.29 is 5.11 Å². The Kier molecular flexibility index (Phi) is 3.77. The monoisotopic (exact) mass is 179 g/mol. The van der Waals surface area contributed by atoms with Crippen LogP contribution in [0.2, 0.25) is 0 Å². The first kappa shape index (κ1) is 10.1. The summed E-state index contributed by atoms with van der Waals surface area (Å²) < 4.78 is 0. The molecule has 2 N–H and O–H groups in total. The van der Waals surface area contributed by atoms with Gasteiger partial charge in [0.05, 0.1) is 0 Å². The summed E-state index contributed by atoms with van der Waals surface area (Å²) in [5.74, 6) is 0. The van der Waals surface area contributed by atoms with Crippen molar-refractivity contribution in [2.75, 3.05) is 11.9 Å². The molecular weight excluding hydrogens is 162 g/mol. The van der Waals surface area contributed by atoms with E-state index in [9.17, 15) is 0 Å². The van der Waals surface area contributed by atoms with Crippen LogP contribution in [0.3, 0.4) is 0 Å². The minimum Gasteiger partial charge on any atom is -0.396 e. The zero-order valence-corrected chi connectivity index (χ0v) is 8.25. The second kappa shape index (κ2) is 4.87. The lowest BCUT2D eigenvalue weighted by molar-refractivity contribution is 0.282. The molecule has 0 radical (unpaired) electrons. The van der Waals surface area contributed by atoms with E-state index in [0.29, 0.717) is 6.04 Å². The molecule has 2 nitrogen and oxygen atoms in total. The number of nitrogens with one attached hydrogen (secondary N) is 1. The van der Waals surface area contributed by atoms with Gasteiger partial charge < -0.3 is 10.4 Å². The first-order valence-corrected chi connectivity index (χ1v) is 4.66. The van der Waals surface area contributed by atoms with Gasteiger partial charge in [-0.3, -0.25) is 0 Å². The van der Waals surface area contributed by atoms with Crippen LogP contribution in [0.1, 0.15) is 18.9 Å². The molecule has 0 fully saturated rings. The first-order valence-electron chi connectivity index (χ1n) is 4.66. The molecule has 1 aromatic carbocycles. The lowest BCUT2D eigenvalue weighted by atomic mass is 10.2. The fraction of sp³-hybridized carbons (Fsp3) is 0.455. The number of hydrogen-bond acceptors (Lipinski definition) is 2. The number of aryl methyl sites for hydroxylation is 1. The molecule has 2 heteroatoms. The normalized spacial score (nSPS) is 12.5. The number of anilines is 1. The third-order valence-electron chi connectivity index (χ3n) is 2.03. The molecule has 0 spiro atoms. The van der Waals surface area contributed by atoms with Gasteiger partial charge in [0.15, 0.2) is 0 Å².